The van der Waals surface area contributed by atoms with Crippen molar-refractivity contribution in [2.24, 2.45) is 0 Å². The number of hydrogen-bond acceptors (Lipinski definition) is 6. The minimum absolute atomic E-state index is 0.00257. The molecule has 3 rings (SSSR count). The molecule has 1 fully saturated rings. The first kappa shape index (κ1) is 34.8. The minimum atomic E-state index is -2.66. The maximum Gasteiger partial charge on any atom is 0.253 e. The van der Waals surface area contributed by atoms with Gasteiger partial charge in [-0.1, -0.05) is 45.4 Å². The second kappa shape index (κ2) is 18.2. The third kappa shape index (κ3) is 12.3. The Bertz CT molecular complexity index is 1190. The number of sulfone groups is 1. The second-order valence-electron chi connectivity index (χ2n) is 9.99. The highest BCUT2D eigenvalue weighted by Crippen LogP contribution is 2.29. The number of nitriles is 1. The molecule has 0 radical (unpaired) electrons. The SMILES string of the molecule is CCC[C@H](CC)NC.CCS(C)(=O)=O.Cc1ccc(C(=O)N2CCC(c3ccc(C#N)cc3)CC2)cc1NC=O. The average Bonchev–Trinajstić information content (AvgIpc) is 2.97. The van der Waals surface area contributed by atoms with Crippen molar-refractivity contribution in [3.05, 3.63) is 64.7 Å². The van der Waals surface area contributed by atoms with Crippen molar-refractivity contribution in [2.45, 2.75) is 71.8 Å². The topological polar surface area (TPSA) is 119 Å². The van der Waals surface area contributed by atoms with Crippen molar-refractivity contribution in [1.29, 1.82) is 5.26 Å². The summed E-state index contributed by atoms with van der Waals surface area (Å²) in [4.78, 5) is 25.3. The number of hydrogen-bond donors (Lipinski definition) is 2. The summed E-state index contributed by atoms with van der Waals surface area (Å²) >= 11 is 0. The molecule has 1 saturated heterocycles. The molecule has 1 aliphatic rings. The van der Waals surface area contributed by atoms with Gasteiger partial charge in [0.1, 0.15) is 9.84 Å². The molecule has 0 spiro atoms. The van der Waals surface area contributed by atoms with E-state index in [2.05, 4.69) is 30.6 Å². The van der Waals surface area contributed by atoms with Crippen molar-refractivity contribution in [2.75, 3.05) is 37.5 Å². The number of rotatable bonds is 9. The molecule has 2 amide bonds. The second-order valence-corrected chi connectivity index (χ2v) is 12.4. The number of likely N-dealkylation sites (tertiary alicyclic amines) is 1. The van der Waals surface area contributed by atoms with Gasteiger partial charge in [0.05, 0.1) is 11.6 Å². The van der Waals surface area contributed by atoms with Crippen LogP contribution in [0.2, 0.25) is 0 Å². The van der Waals surface area contributed by atoms with Crippen LogP contribution in [0.5, 0.6) is 0 Å². The third-order valence-corrected chi connectivity index (χ3v) is 8.10. The molecule has 0 unspecified atom stereocenters. The summed E-state index contributed by atoms with van der Waals surface area (Å²) in [5, 5.41) is 14.8. The lowest BCUT2D eigenvalue weighted by molar-refractivity contribution is -0.105. The number of benzene rings is 2. The standard InChI is InChI=1S/C21H21N3O2.C7H17N.C3H8O2S/c1-15-2-5-19(12-20(15)23-14-25)21(26)24-10-8-18(9-11-24)17-6-3-16(13-22)4-7-17;1-4-6-7(5-2)8-3;1-3-6(2,4)5/h2-7,12,14,18H,8-11H2,1H3,(H,23,25);7-8H,4-6H2,1-3H3;3H2,1-2H3/t;7-;/m.0./s1. The fourth-order valence-corrected chi connectivity index (χ4v) is 4.30. The molecule has 2 N–H and O–H groups in total. The van der Waals surface area contributed by atoms with Gasteiger partial charge in [-0.25, -0.2) is 8.42 Å². The quantitative estimate of drug-likeness (QED) is 0.396. The van der Waals surface area contributed by atoms with Gasteiger partial charge in [0.2, 0.25) is 6.41 Å². The van der Waals surface area contributed by atoms with E-state index in [-0.39, 0.29) is 11.7 Å². The molecule has 40 heavy (non-hydrogen) atoms. The zero-order chi connectivity index (χ0) is 30.1. The first-order chi connectivity index (χ1) is 19.0. The molecule has 2 aromatic rings. The van der Waals surface area contributed by atoms with Crippen LogP contribution in [-0.2, 0) is 14.6 Å². The number of amides is 2. The molecular weight excluding hydrogens is 524 g/mol. The first-order valence-corrected chi connectivity index (χ1v) is 16.0. The lowest BCUT2D eigenvalue weighted by Crippen LogP contribution is -2.37. The van der Waals surface area contributed by atoms with Crippen molar-refractivity contribution in [1.82, 2.24) is 10.2 Å². The van der Waals surface area contributed by atoms with Crippen molar-refractivity contribution in [3.63, 3.8) is 0 Å². The Kier molecular flexibility index (Phi) is 15.8. The van der Waals surface area contributed by atoms with E-state index in [1.807, 2.05) is 49.2 Å². The number of nitrogens with one attached hydrogen (secondary N) is 2. The van der Waals surface area contributed by atoms with Crippen LogP contribution in [0.3, 0.4) is 0 Å². The molecule has 0 bridgehead atoms. The molecule has 0 saturated carbocycles. The van der Waals surface area contributed by atoms with Gasteiger partial charge >= 0.3 is 0 Å². The van der Waals surface area contributed by atoms with Gasteiger partial charge < -0.3 is 15.5 Å². The molecule has 9 heteroatoms. The smallest absolute Gasteiger partial charge is 0.253 e. The number of piperidine rings is 1. The monoisotopic (exact) mass is 570 g/mol. The summed E-state index contributed by atoms with van der Waals surface area (Å²) in [6.07, 6.45) is 7.51. The zero-order valence-corrected chi connectivity index (χ0v) is 25.7. The van der Waals surface area contributed by atoms with Crippen LogP contribution in [0.4, 0.5) is 5.69 Å². The molecule has 1 atom stereocenters. The number of anilines is 1. The fraction of sp³-hybridized carbons (Fsp3) is 0.516. The van der Waals surface area contributed by atoms with Crippen LogP contribution in [0.1, 0.15) is 85.8 Å². The highest BCUT2D eigenvalue weighted by atomic mass is 32.2. The first-order valence-electron chi connectivity index (χ1n) is 14.0. The normalized spacial score (nSPS) is 14.0. The molecule has 0 aromatic heterocycles. The lowest BCUT2D eigenvalue weighted by Gasteiger charge is -2.32. The highest BCUT2D eigenvalue weighted by Gasteiger charge is 2.25. The van der Waals surface area contributed by atoms with Crippen molar-refractivity contribution >= 4 is 27.8 Å². The maximum atomic E-state index is 12.8. The molecule has 2 aromatic carbocycles. The van der Waals surface area contributed by atoms with Crippen LogP contribution >= 0.6 is 0 Å². The van der Waals surface area contributed by atoms with E-state index in [1.54, 1.807) is 19.1 Å². The van der Waals surface area contributed by atoms with Gasteiger partial charge in [-0.05, 0) is 81.0 Å². The predicted octanol–water partition coefficient (Wildman–Crippen LogP) is 5.29. The van der Waals surface area contributed by atoms with Crippen molar-refractivity contribution < 1.29 is 18.0 Å². The summed E-state index contributed by atoms with van der Waals surface area (Å²) in [7, 11) is -0.630. The molecule has 0 aliphatic carbocycles. The third-order valence-electron chi connectivity index (χ3n) is 7.05. The van der Waals surface area contributed by atoms with Crippen LogP contribution in [0, 0.1) is 18.3 Å². The average molecular weight is 571 g/mol. The van der Waals surface area contributed by atoms with E-state index in [0.717, 1.165) is 24.4 Å². The predicted molar refractivity (Wildman–Crippen MR) is 163 cm³/mol. The number of aryl methyl sites for hydroxylation is 1. The van der Waals surface area contributed by atoms with Gasteiger partial charge in [-0.2, -0.15) is 5.26 Å². The van der Waals surface area contributed by atoms with E-state index in [4.69, 9.17) is 5.26 Å². The Morgan fingerprint density at radius 2 is 1.73 bits per heavy atom. The summed E-state index contributed by atoms with van der Waals surface area (Å²) in [5.74, 6) is 0.654. The zero-order valence-electron chi connectivity index (χ0n) is 24.9. The summed E-state index contributed by atoms with van der Waals surface area (Å²) < 4.78 is 20.0. The summed E-state index contributed by atoms with van der Waals surface area (Å²) in [5.41, 5.74) is 4.08. The van der Waals surface area contributed by atoms with Crippen molar-refractivity contribution in [3.8, 4) is 6.07 Å². The Morgan fingerprint density at radius 3 is 2.15 bits per heavy atom. The van der Waals surface area contributed by atoms with E-state index >= 15 is 0 Å². The van der Waals surface area contributed by atoms with Gasteiger partial charge in [-0.3, -0.25) is 9.59 Å². The summed E-state index contributed by atoms with van der Waals surface area (Å²) in [6.45, 7) is 9.36. The van der Waals surface area contributed by atoms with Gasteiger partial charge in [0.25, 0.3) is 5.91 Å². The van der Waals surface area contributed by atoms with Crippen LogP contribution in [0.15, 0.2) is 42.5 Å². The fourth-order valence-electron chi connectivity index (χ4n) is 4.30. The van der Waals surface area contributed by atoms with E-state index < -0.39 is 9.84 Å². The lowest BCUT2D eigenvalue weighted by atomic mass is 9.89. The number of nitrogens with zero attached hydrogens (tertiary/aromatic N) is 2. The van der Waals surface area contributed by atoms with Gasteiger partial charge in [0, 0.05) is 42.4 Å². The van der Waals surface area contributed by atoms with E-state index in [0.29, 0.717) is 42.2 Å². The minimum Gasteiger partial charge on any atom is -0.339 e. The number of carbonyl (C=O) groups excluding carboxylic acids is 2. The Balaban J connectivity index is 0.000000473. The number of carbonyl (C=O) groups is 2. The molecule has 1 aliphatic heterocycles. The largest absolute Gasteiger partial charge is 0.339 e. The van der Waals surface area contributed by atoms with E-state index in [1.165, 1.54) is 31.1 Å². The van der Waals surface area contributed by atoms with Crippen LogP contribution in [0.25, 0.3) is 0 Å². The van der Waals surface area contributed by atoms with Crippen LogP contribution < -0.4 is 10.6 Å². The van der Waals surface area contributed by atoms with Gasteiger partial charge in [-0.15, -0.1) is 0 Å². The van der Waals surface area contributed by atoms with Crippen LogP contribution in [-0.4, -0.2) is 63.8 Å². The Hall–Kier alpha value is -3.22. The Labute approximate surface area is 241 Å². The molecule has 220 valence electrons. The van der Waals surface area contributed by atoms with E-state index in [9.17, 15) is 18.0 Å². The molecule has 1 heterocycles. The highest BCUT2D eigenvalue weighted by molar-refractivity contribution is 7.90. The molecular formula is C31H46N4O4S. The van der Waals surface area contributed by atoms with Gasteiger partial charge in [0.15, 0.2) is 0 Å². The Morgan fingerprint density at radius 1 is 1.12 bits per heavy atom. The molecule has 8 nitrogen and oxygen atoms in total. The summed E-state index contributed by atoms with van der Waals surface area (Å²) in [6, 6.07) is 16.0. The maximum absolute atomic E-state index is 12.8.